The number of anilines is 1. The Labute approximate surface area is 132 Å². The van der Waals surface area contributed by atoms with E-state index in [0.29, 0.717) is 19.8 Å². The highest BCUT2D eigenvalue weighted by Gasteiger charge is 2.16. The molecular formula is C15H18BrN3O2. The van der Waals surface area contributed by atoms with E-state index in [4.69, 9.17) is 9.47 Å². The van der Waals surface area contributed by atoms with Gasteiger partial charge in [0.15, 0.2) is 11.5 Å². The largest absolute Gasteiger partial charge is 0.486 e. The van der Waals surface area contributed by atoms with E-state index in [9.17, 15) is 0 Å². The Balaban J connectivity index is 1.81. The van der Waals surface area contributed by atoms with Crippen LogP contribution in [0.25, 0.3) is 0 Å². The van der Waals surface area contributed by atoms with Crippen LogP contribution in [0.5, 0.6) is 11.5 Å². The van der Waals surface area contributed by atoms with E-state index >= 15 is 0 Å². The van der Waals surface area contributed by atoms with Crippen LogP contribution in [0.15, 0.2) is 16.6 Å². The lowest BCUT2D eigenvalue weighted by Crippen LogP contribution is -2.16. The lowest BCUT2D eigenvalue weighted by atomic mass is 10.2. The normalized spacial score (nSPS) is 13.3. The summed E-state index contributed by atoms with van der Waals surface area (Å²) in [6.07, 6.45) is 0. The van der Waals surface area contributed by atoms with E-state index in [1.165, 1.54) is 0 Å². The van der Waals surface area contributed by atoms with Crippen LogP contribution in [0.1, 0.15) is 17.0 Å². The smallest absolute Gasteiger partial charge is 0.175 e. The number of aryl methyl sites for hydroxylation is 2. The molecule has 0 atom stereocenters. The van der Waals surface area contributed by atoms with E-state index in [1.54, 1.807) is 0 Å². The number of ether oxygens (including phenoxy) is 2. The molecule has 112 valence electrons. The highest BCUT2D eigenvalue weighted by molar-refractivity contribution is 9.10. The predicted octanol–water partition coefficient (Wildman–Crippen LogP) is 3.18. The van der Waals surface area contributed by atoms with E-state index in [1.807, 2.05) is 24.7 Å². The third-order valence-corrected chi connectivity index (χ3v) is 4.22. The second-order valence-corrected chi connectivity index (χ2v) is 5.98. The first kappa shape index (κ1) is 14.3. The van der Waals surface area contributed by atoms with Gasteiger partial charge < -0.3 is 14.8 Å². The SMILES string of the molecule is Cc1nn(C)c(C)c1NCc1cc(Br)c2c(c1)OCCO2. The topological polar surface area (TPSA) is 48.3 Å². The maximum atomic E-state index is 5.65. The van der Waals surface area contributed by atoms with Gasteiger partial charge in [-0.25, -0.2) is 0 Å². The molecule has 5 nitrogen and oxygen atoms in total. The van der Waals surface area contributed by atoms with Gasteiger partial charge in [-0.2, -0.15) is 5.10 Å². The standard InChI is InChI=1S/C15H18BrN3O2/c1-9-14(10(2)19(3)18-9)17-8-11-6-12(16)15-13(7-11)20-4-5-21-15/h6-7,17H,4-5,8H2,1-3H3. The van der Waals surface area contributed by atoms with Crippen LogP contribution in [0.2, 0.25) is 0 Å². The molecule has 0 spiro atoms. The van der Waals surface area contributed by atoms with Gasteiger partial charge in [0.1, 0.15) is 13.2 Å². The average molecular weight is 352 g/mol. The zero-order chi connectivity index (χ0) is 15.0. The van der Waals surface area contributed by atoms with Gasteiger partial charge in [-0.15, -0.1) is 0 Å². The molecule has 1 aromatic heterocycles. The zero-order valence-corrected chi connectivity index (χ0v) is 14.0. The molecule has 3 rings (SSSR count). The fraction of sp³-hybridized carbons (Fsp3) is 0.400. The Kier molecular flexibility index (Phi) is 3.80. The van der Waals surface area contributed by atoms with Gasteiger partial charge in [0, 0.05) is 13.6 Å². The Hall–Kier alpha value is -1.69. The number of hydrogen-bond donors (Lipinski definition) is 1. The molecule has 1 N–H and O–H groups in total. The molecule has 0 radical (unpaired) electrons. The van der Waals surface area contributed by atoms with Gasteiger partial charge in [0.25, 0.3) is 0 Å². The Morgan fingerprint density at radius 3 is 2.76 bits per heavy atom. The van der Waals surface area contributed by atoms with Crippen LogP contribution >= 0.6 is 15.9 Å². The maximum absolute atomic E-state index is 5.65. The van der Waals surface area contributed by atoms with Gasteiger partial charge in [0.2, 0.25) is 0 Å². The number of nitrogens with zero attached hydrogens (tertiary/aromatic N) is 2. The van der Waals surface area contributed by atoms with Gasteiger partial charge >= 0.3 is 0 Å². The van der Waals surface area contributed by atoms with E-state index in [-0.39, 0.29) is 0 Å². The maximum Gasteiger partial charge on any atom is 0.175 e. The molecule has 0 saturated carbocycles. The summed E-state index contributed by atoms with van der Waals surface area (Å²) in [5.74, 6) is 1.59. The first-order valence-corrected chi connectivity index (χ1v) is 7.67. The molecule has 0 fully saturated rings. The summed E-state index contributed by atoms with van der Waals surface area (Å²) in [6, 6.07) is 4.08. The molecule has 0 bridgehead atoms. The van der Waals surface area contributed by atoms with E-state index in [2.05, 4.69) is 39.3 Å². The highest BCUT2D eigenvalue weighted by Crippen LogP contribution is 2.38. The summed E-state index contributed by atoms with van der Waals surface area (Å²) in [5.41, 5.74) is 4.35. The number of nitrogens with one attached hydrogen (secondary N) is 1. The first-order valence-electron chi connectivity index (χ1n) is 6.88. The van der Waals surface area contributed by atoms with Gasteiger partial charge in [0.05, 0.1) is 21.5 Å². The summed E-state index contributed by atoms with van der Waals surface area (Å²) in [5, 5.41) is 7.86. The number of fused-ring (bicyclic) bond motifs is 1. The third kappa shape index (κ3) is 2.72. The molecule has 1 aliphatic heterocycles. The number of halogens is 1. The van der Waals surface area contributed by atoms with Crippen molar-refractivity contribution in [1.82, 2.24) is 9.78 Å². The van der Waals surface area contributed by atoms with Crippen LogP contribution in [0.3, 0.4) is 0 Å². The van der Waals surface area contributed by atoms with Crippen molar-refractivity contribution in [3.8, 4) is 11.5 Å². The van der Waals surface area contributed by atoms with Crippen molar-refractivity contribution in [3.63, 3.8) is 0 Å². The second-order valence-electron chi connectivity index (χ2n) is 5.12. The highest BCUT2D eigenvalue weighted by atomic mass is 79.9. The van der Waals surface area contributed by atoms with Crippen LogP contribution in [0.4, 0.5) is 5.69 Å². The molecule has 21 heavy (non-hydrogen) atoms. The minimum absolute atomic E-state index is 0.594. The van der Waals surface area contributed by atoms with Crippen molar-refractivity contribution >= 4 is 21.6 Å². The molecule has 2 aromatic rings. The molecule has 6 heteroatoms. The molecule has 0 unspecified atom stereocenters. The van der Waals surface area contributed by atoms with Gasteiger partial charge in [-0.3, -0.25) is 4.68 Å². The molecule has 1 aromatic carbocycles. The predicted molar refractivity (Wildman–Crippen MR) is 85.1 cm³/mol. The molecule has 0 saturated heterocycles. The van der Waals surface area contributed by atoms with E-state index in [0.717, 1.165) is 38.6 Å². The Morgan fingerprint density at radius 2 is 2.05 bits per heavy atom. The minimum Gasteiger partial charge on any atom is -0.486 e. The molecular weight excluding hydrogens is 334 g/mol. The Bertz CT molecular complexity index is 682. The summed E-state index contributed by atoms with van der Waals surface area (Å²) in [6.45, 7) is 5.97. The minimum atomic E-state index is 0.594. The van der Waals surface area contributed by atoms with Crippen molar-refractivity contribution in [3.05, 3.63) is 33.6 Å². The van der Waals surface area contributed by atoms with Crippen molar-refractivity contribution in [2.75, 3.05) is 18.5 Å². The lowest BCUT2D eigenvalue weighted by molar-refractivity contribution is 0.170. The third-order valence-electron chi connectivity index (χ3n) is 3.63. The number of benzene rings is 1. The van der Waals surface area contributed by atoms with E-state index < -0.39 is 0 Å². The van der Waals surface area contributed by atoms with Crippen molar-refractivity contribution in [2.45, 2.75) is 20.4 Å². The summed E-state index contributed by atoms with van der Waals surface area (Å²) in [7, 11) is 1.95. The lowest BCUT2D eigenvalue weighted by Gasteiger charge is -2.20. The first-order chi connectivity index (χ1) is 10.1. The molecule has 1 aliphatic rings. The van der Waals surface area contributed by atoms with Gasteiger partial charge in [-0.1, -0.05) is 0 Å². The fourth-order valence-electron chi connectivity index (χ4n) is 2.49. The number of aromatic nitrogens is 2. The Morgan fingerprint density at radius 1 is 1.29 bits per heavy atom. The van der Waals surface area contributed by atoms with Crippen LogP contribution in [0, 0.1) is 13.8 Å². The average Bonchev–Trinajstić information content (AvgIpc) is 2.70. The molecule has 0 amide bonds. The fourth-order valence-corrected chi connectivity index (χ4v) is 3.09. The molecule has 0 aliphatic carbocycles. The van der Waals surface area contributed by atoms with Gasteiger partial charge in [-0.05, 0) is 47.5 Å². The summed E-state index contributed by atoms with van der Waals surface area (Å²) < 4.78 is 14.1. The summed E-state index contributed by atoms with van der Waals surface area (Å²) >= 11 is 3.54. The molecule has 2 heterocycles. The van der Waals surface area contributed by atoms with Crippen molar-refractivity contribution < 1.29 is 9.47 Å². The quantitative estimate of drug-likeness (QED) is 0.922. The van der Waals surface area contributed by atoms with Crippen LogP contribution < -0.4 is 14.8 Å². The number of rotatable bonds is 3. The van der Waals surface area contributed by atoms with Crippen LogP contribution in [-0.4, -0.2) is 23.0 Å². The van der Waals surface area contributed by atoms with Crippen LogP contribution in [-0.2, 0) is 13.6 Å². The number of hydrogen-bond acceptors (Lipinski definition) is 4. The summed E-state index contributed by atoms with van der Waals surface area (Å²) in [4.78, 5) is 0. The second kappa shape index (κ2) is 5.60. The van der Waals surface area contributed by atoms with Crippen molar-refractivity contribution in [2.24, 2.45) is 7.05 Å². The van der Waals surface area contributed by atoms with Crippen molar-refractivity contribution in [1.29, 1.82) is 0 Å². The monoisotopic (exact) mass is 351 g/mol. The zero-order valence-electron chi connectivity index (χ0n) is 12.4.